The number of halogens is 1. The van der Waals surface area contributed by atoms with Gasteiger partial charge in [0.05, 0.1) is 4.92 Å². The van der Waals surface area contributed by atoms with Crippen LogP contribution in [0.1, 0.15) is 43.5 Å². The van der Waals surface area contributed by atoms with E-state index in [1.54, 1.807) is 0 Å². The fourth-order valence-corrected chi connectivity index (χ4v) is 3.16. The van der Waals surface area contributed by atoms with E-state index in [2.05, 4.69) is 13.8 Å². The van der Waals surface area contributed by atoms with Gasteiger partial charge in [0.25, 0.3) is 11.6 Å². The Morgan fingerprint density at radius 2 is 2.10 bits per heavy atom. The van der Waals surface area contributed by atoms with Crippen LogP contribution in [0.2, 0.25) is 5.02 Å². The first-order chi connectivity index (χ1) is 9.92. The van der Waals surface area contributed by atoms with E-state index in [9.17, 15) is 14.9 Å². The van der Waals surface area contributed by atoms with Gasteiger partial charge in [-0.3, -0.25) is 14.9 Å². The van der Waals surface area contributed by atoms with Crippen LogP contribution in [0, 0.1) is 15.5 Å². The summed E-state index contributed by atoms with van der Waals surface area (Å²) in [6, 6.07) is 4.16. The number of hydrogen-bond acceptors (Lipinski definition) is 3. The molecule has 0 N–H and O–H groups in total. The van der Waals surface area contributed by atoms with Crippen LogP contribution >= 0.6 is 11.6 Å². The van der Waals surface area contributed by atoms with Crippen molar-refractivity contribution in [2.24, 2.45) is 5.41 Å². The lowest BCUT2D eigenvalue weighted by Gasteiger charge is -2.26. The maximum atomic E-state index is 12.5. The first-order valence-electron chi connectivity index (χ1n) is 7.15. The number of carbonyl (C=O) groups is 1. The highest BCUT2D eigenvalue weighted by Crippen LogP contribution is 2.37. The van der Waals surface area contributed by atoms with Crippen LogP contribution in [0.3, 0.4) is 0 Å². The molecular weight excluding hydrogens is 292 g/mol. The largest absolute Gasteiger partial charge is 0.338 e. The molecule has 2 rings (SSSR count). The summed E-state index contributed by atoms with van der Waals surface area (Å²) in [5, 5.41) is 10.7. The van der Waals surface area contributed by atoms with E-state index in [1.165, 1.54) is 18.2 Å². The number of rotatable bonds is 4. The predicted octanol–water partition coefficient (Wildman–Crippen LogP) is 3.90. The average molecular weight is 311 g/mol. The zero-order valence-corrected chi connectivity index (χ0v) is 13.0. The normalized spacial score (nSPS) is 17.0. The van der Waals surface area contributed by atoms with E-state index in [-0.39, 0.29) is 22.0 Å². The van der Waals surface area contributed by atoms with Crippen molar-refractivity contribution >= 4 is 23.2 Å². The van der Waals surface area contributed by atoms with Crippen LogP contribution in [0.25, 0.3) is 0 Å². The Labute approximate surface area is 129 Å². The van der Waals surface area contributed by atoms with Gasteiger partial charge < -0.3 is 4.90 Å². The number of nitrogens with zero attached hydrogens (tertiary/aromatic N) is 2. The van der Waals surface area contributed by atoms with Crippen LogP contribution in [-0.4, -0.2) is 28.8 Å². The summed E-state index contributed by atoms with van der Waals surface area (Å²) in [6.45, 7) is 5.78. The van der Waals surface area contributed by atoms with E-state index in [4.69, 9.17) is 11.6 Å². The molecule has 1 aromatic carbocycles. The second-order valence-electron chi connectivity index (χ2n) is 5.61. The minimum absolute atomic E-state index is 0.00212. The molecule has 114 valence electrons. The highest BCUT2D eigenvalue weighted by atomic mass is 35.5. The summed E-state index contributed by atoms with van der Waals surface area (Å²) in [6.07, 6.45) is 3.11. The molecule has 0 spiro atoms. The monoisotopic (exact) mass is 310 g/mol. The Morgan fingerprint density at radius 1 is 1.43 bits per heavy atom. The molecule has 1 saturated heterocycles. The smallest absolute Gasteiger partial charge is 0.287 e. The number of hydrogen-bond donors (Lipinski definition) is 0. The van der Waals surface area contributed by atoms with Crippen molar-refractivity contribution in [3.05, 3.63) is 38.9 Å². The van der Waals surface area contributed by atoms with E-state index in [1.807, 2.05) is 4.90 Å². The van der Waals surface area contributed by atoms with Crippen LogP contribution in [0.5, 0.6) is 0 Å². The second kappa shape index (κ2) is 6.02. The van der Waals surface area contributed by atoms with Gasteiger partial charge in [-0.25, -0.2) is 0 Å². The van der Waals surface area contributed by atoms with E-state index >= 15 is 0 Å². The Morgan fingerprint density at radius 3 is 2.57 bits per heavy atom. The molecule has 5 nitrogen and oxygen atoms in total. The minimum Gasteiger partial charge on any atom is -0.338 e. The molecule has 1 amide bonds. The third-order valence-electron chi connectivity index (χ3n) is 4.62. The molecule has 1 aromatic rings. The summed E-state index contributed by atoms with van der Waals surface area (Å²) < 4.78 is 0. The van der Waals surface area contributed by atoms with Gasteiger partial charge >= 0.3 is 0 Å². The van der Waals surface area contributed by atoms with Crippen molar-refractivity contribution in [3.8, 4) is 0 Å². The van der Waals surface area contributed by atoms with Crippen molar-refractivity contribution in [2.75, 3.05) is 13.1 Å². The van der Waals surface area contributed by atoms with E-state index in [0.29, 0.717) is 5.56 Å². The highest BCUT2D eigenvalue weighted by molar-refractivity contribution is 6.33. The maximum Gasteiger partial charge on any atom is 0.287 e. The van der Waals surface area contributed by atoms with Crippen LogP contribution in [0.4, 0.5) is 5.69 Å². The molecular formula is C15H19ClN2O3. The molecule has 0 radical (unpaired) electrons. The van der Waals surface area contributed by atoms with Crippen molar-refractivity contribution in [1.29, 1.82) is 0 Å². The molecule has 0 atom stereocenters. The summed E-state index contributed by atoms with van der Waals surface area (Å²) in [5.74, 6) is -0.101. The van der Waals surface area contributed by atoms with Gasteiger partial charge in [0, 0.05) is 24.7 Å². The van der Waals surface area contributed by atoms with Crippen molar-refractivity contribution in [1.82, 2.24) is 4.90 Å². The molecule has 21 heavy (non-hydrogen) atoms. The second-order valence-corrected chi connectivity index (χ2v) is 6.01. The Balaban J connectivity index is 2.18. The van der Waals surface area contributed by atoms with Gasteiger partial charge in [-0.1, -0.05) is 25.4 Å². The summed E-state index contributed by atoms with van der Waals surface area (Å²) in [7, 11) is 0. The van der Waals surface area contributed by atoms with E-state index < -0.39 is 4.92 Å². The molecule has 6 heteroatoms. The van der Waals surface area contributed by atoms with Crippen LogP contribution < -0.4 is 0 Å². The fourth-order valence-electron chi connectivity index (χ4n) is 2.91. The summed E-state index contributed by atoms with van der Waals surface area (Å²) in [4.78, 5) is 24.5. The summed E-state index contributed by atoms with van der Waals surface area (Å²) in [5.41, 5.74) is 0.444. The molecule has 1 aliphatic heterocycles. The van der Waals surface area contributed by atoms with Crippen LogP contribution in [-0.2, 0) is 0 Å². The zero-order chi connectivity index (χ0) is 15.6. The topological polar surface area (TPSA) is 63.5 Å². The first-order valence-corrected chi connectivity index (χ1v) is 7.53. The van der Waals surface area contributed by atoms with Gasteiger partial charge in [0.2, 0.25) is 0 Å². The Kier molecular flexibility index (Phi) is 4.52. The number of nitro benzene ring substituents is 1. The molecule has 0 aromatic heterocycles. The van der Waals surface area contributed by atoms with Crippen LogP contribution in [0.15, 0.2) is 18.2 Å². The molecule has 0 aliphatic carbocycles. The standard InChI is InChI=1S/C15H19ClN2O3/c1-3-15(4-2)7-8-17(10-15)14(19)11-5-6-13(18(20)21)12(16)9-11/h5-6,9H,3-4,7-8,10H2,1-2H3. The van der Waals surface area contributed by atoms with Gasteiger partial charge in [0.15, 0.2) is 0 Å². The molecule has 0 saturated carbocycles. The maximum absolute atomic E-state index is 12.5. The van der Waals surface area contributed by atoms with Crippen molar-refractivity contribution in [3.63, 3.8) is 0 Å². The van der Waals surface area contributed by atoms with E-state index in [0.717, 1.165) is 32.4 Å². The fraction of sp³-hybridized carbons (Fsp3) is 0.533. The lowest BCUT2D eigenvalue weighted by atomic mass is 9.82. The predicted molar refractivity (Wildman–Crippen MR) is 81.6 cm³/mol. The third-order valence-corrected chi connectivity index (χ3v) is 4.92. The van der Waals surface area contributed by atoms with Gasteiger partial charge in [-0.2, -0.15) is 0 Å². The average Bonchev–Trinajstić information content (AvgIpc) is 2.91. The highest BCUT2D eigenvalue weighted by Gasteiger charge is 2.37. The number of amides is 1. The van der Waals surface area contributed by atoms with Gasteiger partial charge in [-0.05, 0) is 36.8 Å². The number of carbonyl (C=O) groups excluding carboxylic acids is 1. The van der Waals surface area contributed by atoms with Crippen molar-refractivity contribution in [2.45, 2.75) is 33.1 Å². The molecule has 1 fully saturated rings. The third kappa shape index (κ3) is 3.02. The molecule has 1 heterocycles. The number of likely N-dealkylation sites (tertiary alicyclic amines) is 1. The zero-order valence-electron chi connectivity index (χ0n) is 12.3. The quantitative estimate of drug-likeness (QED) is 0.626. The Bertz CT molecular complexity index is 570. The van der Waals surface area contributed by atoms with Crippen molar-refractivity contribution < 1.29 is 9.72 Å². The molecule has 0 bridgehead atoms. The molecule has 0 unspecified atom stereocenters. The molecule has 1 aliphatic rings. The minimum atomic E-state index is -0.550. The number of nitro groups is 1. The number of benzene rings is 1. The Hall–Kier alpha value is -1.62. The van der Waals surface area contributed by atoms with Gasteiger partial charge in [0.1, 0.15) is 5.02 Å². The lowest BCUT2D eigenvalue weighted by molar-refractivity contribution is -0.384. The summed E-state index contributed by atoms with van der Waals surface area (Å²) >= 11 is 5.87. The van der Waals surface area contributed by atoms with Gasteiger partial charge in [-0.15, -0.1) is 0 Å². The first kappa shape index (κ1) is 15.8. The SMILES string of the molecule is CCC1(CC)CCN(C(=O)c2ccc([N+](=O)[O-])c(Cl)c2)C1. The lowest BCUT2D eigenvalue weighted by Crippen LogP contribution is -2.31.